The molecule has 0 aromatic heterocycles. The van der Waals surface area contributed by atoms with Gasteiger partial charge < -0.3 is 19.8 Å². The van der Waals surface area contributed by atoms with Crippen LogP contribution in [0.5, 0.6) is 0 Å². The van der Waals surface area contributed by atoms with Gasteiger partial charge in [-0.3, -0.25) is 0 Å². The molecular formula is C28H37ClP2Pt. The molecule has 3 aromatic rings. The average molecular weight is 666 g/mol. The zero-order chi connectivity index (χ0) is 21.1. The van der Waals surface area contributed by atoms with Gasteiger partial charge >= 0.3 is 21.1 Å². The third-order valence-corrected chi connectivity index (χ3v) is 11.7. The first kappa shape index (κ1) is 31.5. The summed E-state index contributed by atoms with van der Waals surface area (Å²) in [5, 5.41) is 5.01. The van der Waals surface area contributed by atoms with Gasteiger partial charge in [-0.25, -0.2) is 0 Å². The van der Waals surface area contributed by atoms with Crippen LogP contribution in [0.4, 0.5) is 0 Å². The van der Waals surface area contributed by atoms with Crippen molar-refractivity contribution in [3.05, 3.63) is 97.9 Å². The molecule has 0 bridgehead atoms. The van der Waals surface area contributed by atoms with E-state index in [1.165, 1.54) is 27.6 Å². The molecule has 0 heterocycles. The Balaban J connectivity index is 0.00000320. The molecule has 176 valence electrons. The van der Waals surface area contributed by atoms with Crippen LogP contribution < -0.4 is 28.3 Å². The van der Waals surface area contributed by atoms with Gasteiger partial charge in [-0.05, 0) is 45.9 Å². The first-order valence-corrected chi connectivity index (χ1v) is 13.3. The van der Waals surface area contributed by atoms with Crippen LogP contribution in [0.3, 0.4) is 0 Å². The van der Waals surface area contributed by atoms with E-state index in [1.54, 1.807) is 0 Å². The molecule has 0 saturated heterocycles. The molecule has 4 heteroatoms. The van der Waals surface area contributed by atoms with Crippen molar-refractivity contribution in [1.29, 1.82) is 0 Å². The van der Waals surface area contributed by atoms with Gasteiger partial charge in [-0.2, -0.15) is 0 Å². The summed E-state index contributed by atoms with van der Waals surface area (Å²) >= 11 is 0. The van der Waals surface area contributed by atoms with Crippen molar-refractivity contribution in [2.24, 2.45) is 0 Å². The SMILES string of the molecule is CC(C)(C)P(Cc1ccccc1P(c1ccccc1)c1ccccc1)C(C)(C)C.[CH3-].[Cl-].[Pt+2]. The summed E-state index contributed by atoms with van der Waals surface area (Å²) < 4.78 is 0. The topological polar surface area (TPSA) is 0 Å². The molecule has 0 saturated carbocycles. The van der Waals surface area contributed by atoms with Crippen LogP contribution in [0.15, 0.2) is 84.9 Å². The largest absolute Gasteiger partial charge is 2.00 e. The number of rotatable bonds is 5. The molecule has 0 fully saturated rings. The predicted octanol–water partition coefficient (Wildman–Crippen LogP) is 4.48. The van der Waals surface area contributed by atoms with Crippen molar-refractivity contribution < 1.29 is 33.5 Å². The van der Waals surface area contributed by atoms with Crippen LogP contribution in [0.1, 0.15) is 47.1 Å². The summed E-state index contributed by atoms with van der Waals surface area (Å²) in [5.74, 6) is 0. The minimum Gasteiger partial charge on any atom is -1.00 e. The summed E-state index contributed by atoms with van der Waals surface area (Å²) in [7, 11) is -0.746. The fourth-order valence-corrected chi connectivity index (χ4v) is 10.3. The number of benzene rings is 3. The summed E-state index contributed by atoms with van der Waals surface area (Å²) in [6.45, 7) is 14.5. The first-order valence-electron chi connectivity index (χ1n) is 10.4. The van der Waals surface area contributed by atoms with Crippen molar-refractivity contribution >= 4 is 31.8 Å². The van der Waals surface area contributed by atoms with Gasteiger partial charge in [-0.15, -0.1) is 0 Å². The van der Waals surface area contributed by atoms with E-state index in [0.717, 1.165) is 0 Å². The Bertz CT molecular complexity index is 862. The molecule has 0 nitrogen and oxygen atoms in total. The fraction of sp³-hybridized carbons (Fsp3) is 0.321. The zero-order valence-corrected chi connectivity index (χ0v) is 25.2. The molecule has 3 rings (SSSR count). The van der Waals surface area contributed by atoms with Gasteiger partial charge in [0.15, 0.2) is 0 Å². The minimum absolute atomic E-state index is 0. The second-order valence-electron chi connectivity index (χ2n) is 9.56. The second-order valence-corrected chi connectivity index (χ2v) is 15.6. The Morgan fingerprint density at radius 2 is 0.969 bits per heavy atom. The molecule has 0 radical (unpaired) electrons. The van der Waals surface area contributed by atoms with Crippen molar-refractivity contribution in [3.63, 3.8) is 0 Å². The van der Waals surface area contributed by atoms with Crippen molar-refractivity contribution in [2.45, 2.75) is 58.0 Å². The van der Waals surface area contributed by atoms with E-state index in [2.05, 4.69) is 126 Å². The second kappa shape index (κ2) is 13.4. The Morgan fingerprint density at radius 3 is 1.38 bits per heavy atom. The molecule has 0 aliphatic heterocycles. The van der Waals surface area contributed by atoms with Crippen LogP contribution in [0, 0.1) is 7.43 Å². The van der Waals surface area contributed by atoms with E-state index in [0.29, 0.717) is 10.3 Å². The van der Waals surface area contributed by atoms with Crippen molar-refractivity contribution in [1.82, 2.24) is 0 Å². The Morgan fingerprint density at radius 1 is 0.594 bits per heavy atom. The van der Waals surface area contributed by atoms with E-state index in [-0.39, 0.29) is 48.8 Å². The summed E-state index contributed by atoms with van der Waals surface area (Å²) in [6.07, 6.45) is 1.18. The predicted molar refractivity (Wildman–Crippen MR) is 142 cm³/mol. The monoisotopic (exact) mass is 665 g/mol. The number of hydrogen-bond donors (Lipinski definition) is 0. The summed E-state index contributed by atoms with van der Waals surface area (Å²) in [6, 6.07) is 31.3. The van der Waals surface area contributed by atoms with Crippen LogP contribution in [-0.2, 0) is 27.2 Å². The standard InChI is InChI=1S/C27H34P2.CH3.ClH.Pt/c1-26(2,3)28(27(4,5)6)21-22-15-13-14-20-25(22)29(23-16-9-7-10-17-23)24-18-11-8-12-19-24;;;/h7-20H,21H2,1-6H3;1H3;1H;/q;-1;;+2/p-1. The minimum atomic E-state index is -0.559. The van der Waals surface area contributed by atoms with Crippen LogP contribution >= 0.6 is 15.8 Å². The molecule has 0 atom stereocenters. The van der Waals surface area contributed by atoms with Gasteiger partial charge in [0.2, 0.25) is 0 Å². The van der Waals surface area contributed by atoms with Crippen LogP contribution in [-0.4, -0.2) is 10.3 Å². The molecule has 0 spiro atoms. The van der Waals surface area contributed by atoms with Gasteiger partial charge in [0.1, 0.15) is 0 Å². The van der Waals surface area contributed by atoms with E-state index in [1.807, 2.05) is 0 Å². The average Bonchev–Trinajstić information content (AvgIpc) is 2.67. The maximum atomic E-state index is 2.42. The normalized spacial score (nSPS) is 11.4. The van der Waals surface area contributed by atoms with Gasteiger partial charge in [-0.1, -0.05) is 134 Å². The van der Waals surface area contributed by atoms with E-state index in [4.69, 9.17) is 0 Å². The quantitative estimate of drug-likeness (QED) is 0.279. The molecule has 0 amide bonds. The van der Waals surface area contributed by atoms with Gasteiger partial charge in [0.25, 0.3) is 0 Å². The van der Waals surface area contributed by atoms with Gasteiger partial charge in [0.05, 0.1) is 0 Å². The molecule has 0 aliphatic rings. The molecule has 0 N–H and O–H groups in total. The maximum Gasteiger partial charge on any atom is 2.00 e. The van der Waals surface area contributed by atoms with Crippen LogP contribution in [0.2, 0.25) is 0 Å². The van der Waals surface area contributed by atoms with E-state index >= 15 is 0 Å². The Hall–Kier alpha value is -0.502. The Labute approximate surface area is 220 Å². The molecule has 32 heavy (non-hydrogen) atoms. The zero-order valence-electron chi connectivity index (χ0n) is 20.4. The molecule has 3 aromatic carbocycles. The summed E-state index contributed by atoms with van der Waals surface area (Å²) in [4.78, 5) is 0. The molecule has 0 aliphatic carbocycles. The smallest absolute Gasteiger partial charge is 1.00 e. The van der Waals surface area contributed by atoms with E-state index in [9.17, 15) is 0 Å². The number of hydrogen-bond acceptors (Lipinski definition) is 0. The van der Waals surface area contributed by atoms with Gasteiger partial charge in [0, 0.05) is 0 Å². The first-order chi connectivity index (χ1) is 13.7. The fourth-order valence-electron chi connectivity index (χ4n) is 4.09. The molecular weight excluding hydrogens is 629 g/mol. The Kier molecular flexibility index (Phi) is 13.2. The third kappa shape index (κ3) is 8.07. The summed E-state index contributed by atoms with van der Waals surface area (Å²) in [5.41, 5.74) is 1.53. The van der Waals surface area contributed by atoms with Crippen LogP contribution in [0.25, 0.3) is 0 Å². The van der Waals surface area contributed by atoms with Crippen molar-refractivity contribution in [3.8, 4) is 0 Å². The molecule has 0 unspecified atom stereocenters. The van der Waals surface area contributed by atoms with Crippen molar-refractivity contribution in [2.75, 3.05) is 0 Å². The number of halogens is 1. The maximum absolute atomic E-state index is 2.42. The van der Waals surface area contributed by atoms with E-state index < -0.39 is 7.92 Å². The third-order valence-electron chi connectivity index (χ3n) is 5.21.